The monoisotopic (exact) mass is 414 g/mol. The van der Waals surface area contributed by atoms with Crippen LogP contribution in [-0.2, 0) is 11.3 Å². The van der Waals surface area contributed by atoms with Crippen molar-refractivity contribution in [1.29, 1.82) is 0 Å². The van der Waals surface area contributed by atoms with Crippen LogP contribution in [0.15, 0.2) is 72.8 Å². The van der Waals surface area contributed by atoms with Gasteiger partial charge in [0.05, 0.1) is 30.3 Å². The van der Waals surface area contributed by atoms with E-state index in [-0.39, 0.29) is 29.1 Å². The minimum absolute atomic E-state index is 0.168. The summed E-state index contributed by atoms with van der Waals surface area (Å²) >= 11 is 0. The quantitative estimate of drug-likeness (QED) is 0.509. The van der Waals surface area contributed by atoms with Gasteiger partial charge in [-0.2, -0.15) is 0 Å². The van der Waals surface area contributed by atoms with E-state index in [1.54, 1.807) is 12.1 Å². The summed E-state index contributed by atoms with van der Waals surface area (Å²) in [7, 11) is 1.29. The fourth-order valence-electron chi connectivity index (χ4n) is 3.35. The maximum Gasteiger partial charge on any atom is 0.337 e. The number of benzene rings is 3. The number of nitrogens with one attached hydrogen (secondary N) is 1. The Morgan fingerprint density at radius 1 is 0.839 bits per heavy atom. The van der Waals surface area contributed by atoms with Gasteiger partial charge in [-0.1, -0.05) is 30.3 Å². The second-order valence-electron chi connectivity index (χ2n) is 6.97. The molecule has 0 aromatic heterocycles. The summed E-state index contributed by atoms with van der Waals surface area (Å²) in [5, 5.41) is 2.71. The summed E-state index contributed by atoms with van der Waals surface area (Å²) in [6, 6.07) is 19.9. The predicted octanol–water partition coefficient (Wildman–Crippen LogP) is 3.52. The third-order valence-corrected chi connectivity index (χ3v) is 4.98. The van der Waals surface area contributed by atoms with Crippen molar-refractivity contribution in [2.24, 2.45) is 0 Å². The number of ether oxygens (including phenoxy) is 1. The van der Waals surface area contributed by atoms with Crippen molar-refractivity contribution in [1.82, 2.24) is 4.90 Å². The number of fused-ring (bicyclic) bond motifs is 1. The maximum absolute atomic E-state index is 12.8. The van der Waals surface area contributed by atoms with Crippen LogP contribution in [0.4, 0.5) is 5.69 Å². The first-order valence-corrected chi connectivity index (χ1v) is 9.52. The molecule has 3 amide bonds. The predicted molar refractivity (Wildman–Crippen MR) is 113 cm³/mol. The minimum atomic E-state index is -0.472. The standard InChI is InChI=1S/C24H18N2O5/c1-31-24(30)16-7-10-18(11-8-16)25-21(27)17-9-12-19-20(13-17)23(29)26(22(19)28)14-15-5-3-2-4-6-15/h2-13H,14H2,1H3,(H,25,27). The van der Waals surface area contributed by atoms with Gasteiger partial charge in [0.15, 0.2) is 0 Å². The lowest BCUT2D eigenvalue weighted by molar-refractivity contribution is 0.0597. The molecule has 0 spiro atoms. The number of carbonyl (C=O) groups excluding carboxylic acids is 4. The fraction of sp³-hybridized carbons (Fsp3) is 0.0833. The van der Waals surface area contributed by atoms with Gasteiger partial charge in [0, 0.05) is 11.3 Å². The molecule has 0 radical (unpaired) electrons. The van der Waals surface area contributed by atoms with Gasteiger partial charge < -0.3 is 10.1 Å². The van der Waals surface area contributed by atoms with Gasteiger partial charge in [-0.15, -0.1) is 0 Å². The molecule has 1 aliphatic heterocycles. The number of anilines is 1. The Morgan fingerprint density at radius 3 is 2.16 bits per heavy atom. The van der Waals surface area contributed by atoms with Crippen LogP contribution in [0.3, 0.4) is 0 Å². The maximum atomic E-state index is 12.8. The Hall–Kier alpha value is -4.26. The van der Waals surface area contributed by atoms with E-state index in [9.17, 15) is 19.2 Å². The van der Waals surface area contributed by atoms with E-state index < -0.39 is 17.8 Å². The number of esters is 1. The second kappa shape index (κ2) is 8.23. The number of rotatable bonds is 5. The van der Waals surface area contributed by atoms with Crippen molar-refractivity contribution in [3.05, 3.63) is 101 Å². The molecule has 3 aromatic carbocycles. The highest BCUT2D eigenvalue weighted by atomic mass is 16.5. The van der Waals surface area contributed by atoms with Crippen molar-refractivity contribution >= 4 is 29.4 Å². The molecule has 4 rings (SSSR count). The highest BCUT2D eigenvalue weighted by molar-refractivity contribution is 6.22. The lowest BCUT2D eigenvalue weighted by Gasteiger charge is -2.13. The molecule has 0 atom stereocenters. The molecule has 0 saturated heterocycles. The summed E-state index contributed by atoms with van der Waals surface area (Å²) in [5.41, 5.74) is 2.41. The number of hydrogen-bond acceptors (Lipinski definition) is 5. The number of nitrogens with zero attached hydrogens (tertiary/aromatic N) is 1. The lowest BCUT2D eigenvalue weighted by Crippen LogP contribution is -2.29. The van der Waals surface area contributed by atoms with Crippen LogP contribution >= 0.6 is 0 Å². The van der Waals surface area contributed by atoms with E-state index in [2.05, 4.69) is 10.1 Å². The number of methoxy groups -OCH3 is 1. The highest BCUT2D eigenvalue weighted by Gasteiger charge is 2.36. The van der Waals surface area contributed by atoms with Gasteiger partial charge in [-0.05, 0) is 48.0 Å². The van der Waals surface area contributed by atoms with Crippen molar-refractivity contribution in [2.45, 2.75) is 6.54 Å². The molecule has 154 valence electrons. The average molecular weight is 414 g/mol. The molecule has 1 aliphatic rings. The second-order valence-corrected chi connectivity index (χ2v) is 6.97. The fourth-order valence-corrected chi connectivity index (χ4v) is 3.35. The van der Waals surface area contributed by atoms with Gasteiger partial charge in [-0.3, -0.25) is 19.3 Å². The molecule has 0 fully saturated rings. The molecule has 0 bridgehead atoms. The first-order chi connectivity index (χ1) is 15.0. The molecule has 7 nitrogen and oxygen atoms in total. The van der Waals surface area contributed by atoms with Gasteiger partial charge in [0.25, 0.3) is 17.7 Å². The lowest BCUT2D eigenvalue weighted by atomic mass is 10.1. The van der Waals surface area contributed by atoms with Gasteiger partial charge in [-0.25, -0.2) is 4.79 Å². The molecular formula is C24H18N2O5. The van der Waals surface area contributed by atoms with Crippen molar-refractivity contribution in [3.8, 4) is 0 Å². The van der Waals surface area contributed by atoms with Gasteiger partial charge in [0.1, 0.15) is 0 Å². The molecular weight excluding hydrogens is 396 g/mol. The zero-order valence-electron chi connectivity index (χ0n) is 16.6. The van der Waals surface area contributed by atoms with Crippen LogP contribution in [0.25, 0.3) is 0 Å². The Balaban J connectivity index is 1.51. The normalized spacial score (nSPS) is 12.5. The molecule has 1 N–H and O–H groups in total. The number of hydrogen-bond donors (Lipinski definition) is 1. The summed E-state index contributed by atoms with van der Waals surface area (Å²) in [5.74, 6) is -1.72. The SMILES string of the molecule is COC(=O)c1ccc(NC(=O)c2ccc3c(c2)C(=O)N(Cc2ccccc2)C3=O)cc1. The van der Waals surface area contributed by atoms with Crippen molar-refractivity contribution in [3.63, 3.8) is 0 Å². The van der Waals surface area contributed by atoms with Crippen LogP contribution in [-0.4, -0.2) is 35.7 Å². The highest BCUT2D eigenvalue weighted by Crippen LogP contribution is 2.26. The Morgan fingerprint density at radius 2 is 1.48 bits per heavy atom. The summed E-state index contributed by atoms with van der Waals surface area (Å²) in [6.07, 6.45) is 0. The van der Waals surface area contributed by atoms with E-state index in [0.717, 1.165) is 5.56 Å². The van der Waals surface area contributed by atoms with E-state index in [1.165, 1.54) is 42.3 Å². The van der Waals surface area contributed by atoms with E-state index in [1.807, 2.05) is 30.3 Å². The largest absolute Gasteiger partial charge is 0.465 e. The zero-order valence-corrected chi connectivity index (χ0v) is 16.6. The molecule has 0 aliphatic carbocycles. The Bertz CT molecular complexity index is 1190. The van der Waals surface area contributed by atoms with Crippen LogP contribution in [0.5, 0.6) is 0 Å². The Labute approximate surface area is 178 Å². The smallest absolute Gasteiger partial charge is 0.337 e. The molecule has 31 heavy (non-hydrogen) atoms. The average Bonchev–Trinajstić information content (AvgIpc) is 3.04. The first kappa shape index (κ1) is 20.0. The van der Waals surface area contributed by atoms with Crippen molar-refractivity contribution < 1.29 is 23.9 Å². The third kappa shape index (κ3) is 3.93. The van der Waals surface area contributed by atoms with Crippen LogP contribution in [0, 0.1) is 0 Å². The topological polar surface area (TPSA) is 92.8 Å². The van der Waals surface area contributed by atoms with E-state index in [4.69, 9.17) is 0 Å². The summed E-state index contributed by atoms with van der Waals surface area (Å²) in [4.78, 5) is 50.8. The van der Waals surface area contributed by atoms with Crippen LogP contribution in [0.2, 0.25) is 0 Å². The number of amides is 3. The Kier molecular flexibility index (Phi) is 5.32. The third-order valence-electron chi connectivity index (χ3n) is 4.98. The van der Waals surface area contributed by atoms with E-state index >= 15 is 0 Å². The molecule has 0 unspecified atom stereocenters. The van der Waals surface area contributed by atoms with Crippen molar-refractivity contribution in [2.75, 3.05) is 12.4 Å². The minimum Gasteiger partial charge on any atom is -0.465 e. The number of imide groups is 1. The van der Waals surface area contributed by atoms with Gasteiger partial charge >= 0.3 is 5.97 Å². The summed E-state index contributed by atoms with van der Waals surface area (Å²) < 4.78 is 4.64. The number of carbonyl (C=O) groups is 4. The van der Waals surface area contributed by atoms with Crippen LogP contribution < -0.4 is 5.32 Å². The molecule has 1 heterocycles. The zero-order chi connectivity index (χ0) is 22.0. The van der Waals surface area contributed by atoms with Crippen LogP contribution in [0.1, 0.15) is 47.0 Å². The van der Waals surface area contributed by atoms with E-state index in [0.29, 0.717) is 11.3 Å². The first-order valence-electron chi connectivity index (χ1n) is 9.52. The van der Waals surface area contributed by atoms with Gasteiger partial charge in [0.2, 0.25) is 0 Å². The summed E-state index contributed by atoms with van der Waals surface area (Å²) in [6.45, 7) is 0.168. The molecule has 0 saturated carbocycles. The molecule has 7 heteroatoms. The molecule has 3 aromatic rings.